The molecule has 0 spiro atoms. The molecule has 1 fully saturated rings. The van der Waals surface area contributed by atoms with Crippen LogP contribution in [0.3, 0.4) is 0 Å². The fraction of sp³-hybridized carbons (Fsp3) is 0.120. The Bertz CT molecular complexity index is 1200. The van der Waals surface area contributed by atoms with Gasteiger partial charge in [-0.2, -0.15) is 0 Å². The highest BCUT2D eigenvalue weighted by Gasteiger charge is 2.42. The normalized spacial score (nSPS) is 17.9. The summed E-state index contributed by atoms with van der Waals surface area (Å²) in [4.78, 5) is 7.80. The Hall–Kier alpha value is -3.29. The maximum Gasteiger partial charge on any atom is 0.174 e. The van der Waals surface area contributed by atoms with E-state index in [1.807, 2.05) is 72.8 Å². The van der Waals surface area contributed by atoms with Crippen molar-refractivity contribution < 1.29 is 9.15 Å². The second-order valence-electron chi connectivity index (χ2n) is 7.27. The van der Waals surface area contributed by atoms with Crippen LogP contribution in [0.4, 0.5) is 5.69 Å². The molecule has 5 rings (SSSR count). The molecule has 2 aromatic carbocycles. The quantitative estimate of drug-likeness (QED) is 0.354. The van der Waals surface area contributed by atoms with Crippen LogP contribution in [0.2, 0.25) is 0 Å². The van der Waals surface area contributed by atoms with Crippen LogP contribution in [0.5, 0.6) is 5.75 Å². The van der Waals surface area contributed by atoms with Gasteiger partial charge in [0, 0.05) is 16.8 Å². The number of benzene rings is 2. The number of hydrogen-bond donors (Lipinski definition) is 1. The van der Waals surface area contributed by atoms with Crippen molar-refractivity contribution >= 4 is 34.8 Å². The van der Waals surface area contributed by atoms with Crippen LogP contribution < -0.4 is 15.0 Å². The lowest BCUT2D eigenvalue weighted by molar-refractivity contribution is 0.383. The van der Waals surface area contributed by atoms with Gasteiger partial charge >= 0.3 is 0 Å². The Morgan fingerprint density at radius 2 is 1.75 bits per heavy atom. The minimum absolute atomic E-state index is 0.147. The SMILES string of the molecule is COc1ccc(N2C(=S)N[C@H](c3ccccn3)[C@H]2c2ccc(Sc3ccccc3)o2)cc1. The molecule has 0 radical (unpaired) electrons. The number of nitrogens with zero attached hydrogens (tertiary/aromatic N) is 2. The Kier molecular flexibility index (Phi) is 5.83. The molecule has 0 unspecified atom stereocenters. The number of aromatic nitrogens is 1. The van der Waals surface area contributed by atoms with Gasteiger partial charge in [-0.1, -0.05) is 36.0 Å². The minimum Gasteiger partial charge on any atom is -0.497 e. The zero-order chi connectivity index (χ0) is 21.9. The van der Waals surface area contributed by atoms with E-state index < -0.39 is 0 Å². The smallest absolute Gasteiger partial charge is 0.174 e. The van der Waals surface area contributed by atoms with E-state index in [1.54, 1.807) is 25.1 Å². The van der Waals surface area contributed by atoms with Crippen molar-refractivity contribution in [2.24, 2.45) is 0 Å². The van der Waals surface area contributed by atoms with E-state index >= 15 is 0 Å². The van der Waals surface area contributed by atoms with E-state index in [0.29, 0.717) is 5.11 Å². The fourth-order valence-corrected chi connectivity index (χ4v) is 4.96. The fourth-order valence-electron chi connectivity index (χ4n) is 3.82. The summed E-state index contributed by atoms with van der Waals surface area (Å²) in [6, 6.07) is 27.7. The first kappa shape index (κ1) is 20.6. The third kappa shape index (κ3) is 4.09. The molecule has 7 heteroatoms. The molecule has 160 valence electrons. The lowest BCUT2D eigenvalue weighted by atomic mass is 10.0. The second kappa shape index (κ2) is 9.06. The number of furan rings is 1. The average Bonchev–Trinajstić information content (AvgIpc) is 3.44. The molecule has 4 aromatic rings. The van der Waals surface area contributed by atoms with Gasteiger partial charge in [-0.3, -0.25) is 4.98 Å². The van der Waals surface area contributed by atoms with Crippen molar-refractivity contribution in [1.82, 2.24) is 10.3 Å². The second-order valence-corrected chi connectivity index (χ2v) is 8.73. The van der Waals surface area contributed by atoms with Gasteiger partial charge in [-0.25, -0.2) is 0 Å². The molecule has 2 atom stereocenters. The molecule has 0 bridgehead atoms. The largest absolute Gasteiger partial charge is 0.497 e. The molecule has 5 nitrogen and oxygen atoms in total. The molecule has 0 amide bonds. The predicted molar refractivity (Wildman–Crippen MR) is 130 cm³/mol. The molecule has 0 saturated carbocycles. The summed E-state index contributed by atoms with van der Waals surface area (Å²) < 4.78 is 11.7. The summed E-state index contributed by atoms with van der Waals surface area (Å²) in [6.45, 7) is 0. The maximum absolute atomic E-state index is 6.34. The third-order valence-electron chi connectivity index (χ3n) is 5.30. The van der Waals surface area contributed by atoms with Crippen molar-refractivity contribution in [2.45, 2.75) is 22.1 Å². The summed E-state index contributed by atoms with van der Waals surface area (Å²) in [5, 5.41) is 4.91. The first-order chi connectivity index (χ1) is 15.7. The standard InChI is InChI=1S/C25H21N3O2S2/c1-29-18-12-10-17(11-13-18)28-24(23(27-25(28)31)20-9-5-6-16-26-20)21-14-15-22(30-21)32-19-7-3-2-4-8-19/h2-16,23-24H,1H3,(H,27,31)/t23-,24-/m1/s1. The summed E-state index contributed by atoms with van der Waals surface area (Å²) in [7, 11) is 1.66. The number of anilines is 1. The molecule has 1 aliphatic rings. The molecule has 3 heterocycles. The lowest BCUT2D eigenvalue weighted by Crippen LogP contribution is -2.29. The van der Waals surface area contributed by atoms with Crippen LogP contribution >= 0.6 is 24.0 Å². The number of rotatable bonds is 6. The van der Waals surface area contributed by atoms with E-state index in [-0.39, 0.29) is 12.1 Å². The summed E-state index contributed by atoms with van der Waals surface area (Å²) in [6.07, 6.45) is 1.80. The number of pyridine rings is 1. The number of hydrogen-bond acceptors (Lipinski definition) is 5. The molecule has 1 saturated heterocycles. The van der Waals surface area contributed by atoms with E-state index in [0.717, 1.165) is 32.9 Å². The van der Waals surface area contributed by atoms with Crippen LogP contribution in [0.25, 0.3) is 0 Å². The number of thiocarbonyl (C=S) groups is 1. The van der Waals surface area contributed by atoms with Crippen molar-refractivity contribution in [3.8, 4) is 5.75 Å². The maximum atomic E-state index is 6.34. The van der Waals surface area contributed by atoms with Crippen LogP contribution in [-0.4, -0.2) is 17.2 Å². The molecule has 2 aromatic heterocycles. The molecular formula is C25H21N3O2S2. The van der Waals surface area contributed by atoms with E-state index in [1.165, 1.54) is 0 Å². The molecule has 1 aliphatic heterocycles. The predicted octanol–water partition coefficient (Wildman–Crippen LogP) is 6.01. The topological polar surface area (TPSA) is 50.5 Å². The van der Waals surface area contributed by atoms with Gasteiger partial charge in [0.2, 0.25) is 0 Å². The first-order valence-electron chi connectivity index (χ1n) is 10.2. The zero-order valence-corrected chi connectivity index (χ0v) is 19.0. The van der Waals surface area contributed by atoms with Crippen LogP contribution in [0.1, 0.15) is 23.5 Å². The summed E-state index contributed by atoms with van der Waals surface area (Å²) in [5.74, 6) is 1.62. The molecular weight excluding hydrogens is 438 g/mol. The van der Waals surface area contributed by atoms with E-state index in [9.17, 15) is 0 Å². The number of methoxy groups -OCH3 is 1. The van der Waals surface area contributed by atoms with Gasteiger partial charge in [-0.15, -0.1) is 0 Å². The van der Waals surface area contributed by atoms with Gasteiger partial charge in [0.05, 0.1) is 18.8 Å². The Morgan fingerprint density at radius 3 is 2.47 bits per heavy atom. The van der Waals surface area contributed by atoms with Crippen molar-refractivity contribution in [3.63, 3.8) is 0 Å². The summed E-state index contributed by atoms with van der Waals surface area (Å²) >= 11 is 7.35. The van der Waals surface area contributed by atoms with Crippen molar-refractivity contribution in [1.29, 1.82) is 0 Å². The zero-order valence-electron chi connectivity index (χ0n) is 17.3. The van der Waals surface area contributed by atoms with Gasteiger partial charge < -0.3 is 19.4 Å². The average molecular weight is 460 g/mol. The lowest BCUT2D eigenvalue weighted by Gasteiger charge is -2.26. The first-order valence-corrected chi connectivity index (χ1v) is 11.4. The Labute approximate surface area is 196 Å². The molecule has 1 N–H and O–H groups in total. The summed E-state index contributed by atoms with van der Waals surface area (Å²) in [5.41, 5.74) is 1.87. The van der Waals surface area contributed by atoms with Gasteiger partial charge in [0.15, 0.2) is 10.2 Å². The van der Waals surface area contributed by atoms with Crippen LogP contribution in [0.15, 0.2) is 106 Å². The van der Waals surface area contributed by atoms with Crippen LogP contribution in [0, 0.1) is 0 Å². The highest BCUT2D eigenvalue weighted by molar-refractivity contribution is 7.99. The van der Waals surface area contributed by atoms with E-state index in [4.69, 9.17) is 21.4 Å². The molecule has 0 aliphatic carbocycles. The minimum atomic E-state index is -0.184. The monoisotopic (exact) mass is 459 g/mol. The van der Waals surface area contributed by atoms with Gasteiger partial charge in [0.1, 0.15) is 17.6 Å². The van der Waals surface area contributed by atoms with Crippen molar-refractivity contribution in [3.05, 3.63) is 103 Å². The highest BCUT2D eigenvalue weighted by atomic mass is 32.2. The van der Waals surface area contributed by atoms with E-state index in [2.05, 4.69) is 27.3 Å². The molecule has 32 heavy (non-hydrogen) atoms. The van der Waals surface area contributed by atoms with Crippen LogP contribution in [-0.2, 0) is 0 Å². The van der Waals surface area contributed by atoms with Crippen molar-refractivity contribution in [2.75, 3.05) is 12.0 Å². The van der Waals surface area contributed by atoms with Gasteiger partial charge in [-0.05, 0) is 72.9 Å². The third-order valence-corrected chi connectivity index (χ3v) is 6.55. The Morgan fingerprint density at radius 1 is 0.969 bits per heavy atom. The van der Waals surface area contributed by atoms with Gasteiger partial charge in [0.25, 0.3) is 0 Å². The number of ether oxygens (including phenoxy) is 1. The highest BCUT2D eigenvalue weighted by Crippen LogP contribution is 2.43. The number of nitrogens with one attached hydrogen (secondary N) is 1. The Balaban J connectivity index is 1.52.